The van der Waals surface area contributed by atoms with Gasteiger partial charge in [-0.3, -0.25) is 4.68 Å². The zero-order valence-electron chi connectivity index (χ0n) is 8.84. The van der Waals surface area contributed by atoms with Crippen molar-refractivity contribution >= 4 is 11.5 Å². The summed E-state index contributed by atoms with van der Waals surface area (Å²) in [5.74, 6) is 0.790. The van der Waals surface area contributed by atoms with Crippen molar-refractivity contribution in [1.29, 1.82) is 0 Å². The molecule has 0 amide bonds. The summed E-state index contributed by atoms with van der Waals surface area (Å²) in [7, 11) is 3.80. The first-order valence-corrected chi connectivity index (χ1v) is 4.68. The van der Waals surface area contributed by atoms with Crippen LogP contribution in [0.5, 0.6) is 0 Å². The molecule has 0 unspecified atom stereocenters. The maximum absolute atomic E-state index is 5.82. The van der Waals surface area contributed by atoms with E-state index in [1.165, 1.54) is 0 Å². The van der Waals surface area contributed by atoms with Crippen molar-refractivity contribution in [1.82, 2.24) is 9.78 Å². The summed E-state index contributed by atoms with van der Waals surface area (Å²) >= 11 is 0. The lowest BCUT2D eigenvalue weighted by atomic mass is 10.3. The Morgan fingerprint density at radius 2 is 2.40 bits per heavy atom. The van der Waals surface area contributed by atoms with Gasteiger partial charge < -0.3 is 15.1 Å². The maximum Gasteiger partial charge on any atom is 0.173 e. The summed E-state index contributed by atoms with van der Waals surface area (Å²) in [6.45, 7) is 0.734. The van der Waals surface area contributed by atoms with E-state index in [0.29, 0.717) is 5.69 Å². The number of aromatic nitrogens is 2. The molecule has 0 saturated heterocycles. The molecular formula is C10H14N4O. The Labute approximate surface area is 88.1 Å². The van der Waals surface area contributed by atoms with E-state index in [1.54, 1.807) is 23.4 Å². The Morgan fingerprint density at radius 3 is 2.93 bits per heavy atom. The fourth-order valence-corrected chi connectivity index (χ4v) is 1.52. The lowest BCUT2D eigenvalue weighted by Crippen LogP contribution is -2.17. The van der Waals surface area contributed by atoms with E-state index in [1.807, 2.05) is 25.1 Å². The fourth-order valence-electron chi connectivity index (χ4n) is 1.52. The molecule has 0 saturated carbocycles. The Hall–Kier alpha value is -1.91. The molecule has 0 radical (unpaired) electrons. The molecule has 0 atom stereocenters. The summed E-state index contributed by atoms with van der Waals surface area (Å²) in [6, 6.07) is 1.93. The molecule has 5 nitrogen and oxygen atoms in total. The van der Waals surface area contributed by atoms with Gasteiger partial charge in [-0.1, -0.05) is 0 Å². The monoisotopic (exact) mass is 206 g/mol. The number of nitrogen functional groups attached to an aromatic ring is 1. The van der Waals surface area contributed by atoms with Gasteiger partial charge in [-0.2, -0.15) is 5.10 Å². The van der Waals surface area contributed by atoms with Crippen LogP contribution >= 0.6 is 0 Å². The number of hydrogen-bond acceptors (Lipinski definition) is 4. The standard InChI is InChI=1S/C10H14N4O/c1-13(5-8-3-4-15-7-8)10-9(11)6-14(2)12-10/h3-4,6-7H,5,11H2,1-2H3. The molecule has 2 N–H and O–H groups in total. The molecule has 15 heavy (non-hydrogen) atoms. The number of furan rings is 1. The second-order valence-electron chi connectivity index (χ2n) is 3.57. The predicted molar refractivity (Wildman–Crippen MR) is 58.4 cm³/mol. The lowest BCUT2D eigenvalue weighted by molar-refractivity contribution is 0.563. The van der Waals surface area contributed by atoms with Gasteiger partial charge >= 0.3 is 0 Å². The molecule has 5 heteroatoms. The van der Waals surface area contributed by atoms with Crippen molar-refractivity contribution in [2.45, 2.75) is 6.54 Å². The maximum atomic E-state index is 5.82. The SMILES string of the molecule is CN(Cc1ccoc1)c1nn(C)cc1N. The summed E-state index contributed by atoms with van der Waals surface area (Å²) in [6.07, 6.45) is 5.17. The van der Waals surface area contributed by atoms with E-state index in [2.05, 4.69) is 5.10 Å². The van der Waals surface area contributed by atoms with Crippen molar-refractivity contribution in [2.75, 3.05) is 17.7 Å². The van der Waals surface area contributed by atoms with E-state index in [4.69, 9.17) is 10.2 Å². The second kappa shape index (κ2) is 3.68. The third-order valence-electron chi connectivity index (χ3n) is 2.20. The highest BCUT2D eigenvalue weighted by Crippen LogP contribution is 2.20. The van der Waals surface area contributed by atoms with Crippen LogP contribution in [-0.2, 0) is 13.6 Å². The number of nitrogens with zero attached hydrogens (tertiary/aromatic N) is 3. The van der Waals surface area contributed by atoms with E-state index >= 15 is 0 Å². The highest BCUT2D eigenvalue weighted by molar-refractivity contribution is 5.61. The minimum Gasteiger partial charge on any atom is -0.472 e. The minimum atomic E-state index is 0.684. The predicted octanol–water partition coefficient (Wildman–Crippen LogP) is 1.23. The molecule has 2 aromatic rings. The second-order valence-corrected chi connectivity index (χ2v) is 3.57. The molecule has 0 aliphatic carbocycles. The zero-order chi connectivity index (χ0) is 10.8. The molecule has 80 valence electrons. The van der Waals surface area contributed by atoms with Crippen molar-refractivity contribution in [3.63, 3.8) is 0 Å². The molecule has 0 bridgehead atoms. The van der Waals surface area contributed by atoms with E-state index in [0.717, 1.165) is 17.9 Å². The number of aryl methyl sites for hydroxylation is 1. The zero-order valence-corrected chi connectivity index (χ0v) is 8.84. The molecule has 0 aliphatic rings. The van der Waals surface area contributed by atoms with Gasteiger partial charge in [-0.15, -0.1) is 0 Å². The number of anilines is 2. The third kappa shape index (κ3) is 1.96. The Morgan fingerprint density at radius 1 is 1.60 bits per heavy atom. The number of hydrogen-bond donors (Lipinski definition) is 1. The van der Waals surface area contributed by atoms with Crippen LogP contribution in [0.1, 0.15) is 5.56 Å². The van der Waals surface area contributed by atoms with Gasteiger partial charge in [-0.05, 0) is 6.07 Å². The van der Waals surface area contributed by atoms with Crippen LogP contribution in [0.4, 0.5) is 11.5 Å². The average Bonchev–Trinajstić information content (AvgIpc) is 2.75. The Bertz CT molecular complexity index is 432. The number of rotatable bonds is 3. The van der Waals surface area contributed by atoms with E-state index < -0.39 is 0 Å². The van der Waals surface area contributed by atoms with Crippen molar-refractivity contribution in [3.8, 4) is 0 Å². The molecule has 0 aromatic carbocycles. The topological polar surface area (TPSA) is 60.2 Å². The summed E-state index contributed by atoms with van der Waals surface area (Å²) in [4.78, 5) is 1.99. The Kier molecular flexibility index (Phi) is 2.37. The van der Waals surface area contributed by atoms with E-state index in [9.17, 15) is 0 Å². The molecule has 2 aromatic heterocycles. The largest absolute Gasteiger partial charge is 0.472 e. The lowest BCUT2D eigenvalue weighted by Gasteiger charge is -2.15. The molecule has 0 aliphatic heterocycles. The first-order valence-electron chi connectivity index (χ1n) is 4.68. The first-order chi connectivity index (χ1) is 7.16. The van der Waals surface area contributed by atoms with Crippen LogP contribution in [0.3, 0.4) is 0 Å². The smallest absolute Gasteiger partial charge is 0.173 e. The highest BCUT2D eigenvalue weighted by atomic mass is 16.3. The van der Waals surface area contributed by atoms with Gasteiger partial charge in [0, 0.05) is 32.4 Å². The van der Waals surface area contributed by atoms with Crippen LogP contribution in [-0.4, -0.2) is 16.8 Å². The van der Waals surface area contributed by atoms with E-state index in [-0.39, 0.29) is 0 Å². The van der Waals surface area contributed by atoms with Gasteiger partial charge in [0.05, 0.1) is 18.2 Å². The van der Waals surface area contributed by atoms with Crippen molar-refractivity contribution < 1.29 is 4.42 Å². The summed E-state index contributed by atoms with van der Waals surface area (Å²) in [5.41, 5.74) is 7.61. The summed E-state index contributed by atoms with van der Waals surface area (Å²) in [5, 5.41) is 4.28. The molecule has 2 heterocycles. The minimum absolute atomic E-state index is 0.684. The van der Waals surface area contributed by atoms with Gasteiger partial charge in [0.1, 0.15) is 0 Å². The molecule has 2 rings (SSSR count). The fraction of sp³-hybridized carbons (Fsp3) is 0.300. The first kappa shape index (κ1) is 9.64. The molecular weight excluding hydrogens is 192 g/mol. The van der Waals surface area contributed by atoms with Crippen molar-refractivity contribution in [2.24, 2.45) is 7.05 Å². The quantitative estimate of drug-likeness (QED) is 0.820. The third-order valence-corrected chi connectivity index (χ3v) is 2.20. The van der Waals surface area contributed by atoms with Gasteiger partial charge in [0.25, 0.3) is 0 Å². The number of nitrogens with two attached hydrogens (primary N) is 1. The van der Waals surface area contributed by atoms with Gasteiger partial charge in [0.2, 0.25) is 0 Å². The van der Waals surface area contributed by atoms with Crippen LogP contribution in [0.25, 0.3) is 0 Å². The van der Waals surface area contributed by atoms with Crippen LogP contribution in [0.2, 0.25) is 0 Å². The average molecular weight is 206 g/mol. The summed E-state index contributed by atoms with van der Waals surface area (Å²) < 4.78 is 6.71. The molecule has 0 spiro atoms. The van der Waals surface area contributed by atoms with Crippen LogP contribution in [0, 0.1) is 0 Å². The Balaban J connectivity index is 2.14. The van der Waals surface area contributed by atoms with Crippen LogP contribution < -0.4 is 10.6 Å². The molecule has 0 fully saturated rings. The normalized spacial score (nSPS) is 10.5. The van der Waals surface area contributed by atoms with Gasteiger partial charge in [0.15, 0.2) is 5.82 Å². The van der Waals surface area contributed by atoms with Crippen molar-refractivity contribution in [3.05, 3.63) is 30.4 Å². The van der Waals surface area contributed by atoms with Gasteiger partial charge in [-0.25, -0.2) is 0 Å². The van der Waals surface area contributed by atoms with Crippen LogP contribution in [0.15, 0.2) is 29.2 Å². The highest BCUT2D eigenvalue weighted by Gasteiger charge is 2.10.